The third-order valence-electron chi connectivity index (χ3n) is 18.1. The van der Waals surface area contributed by atoms with E-state index in [2.05, 4.69) is 52.0 Å². The third-order valence-corrected chi connectivity index (χ3v) is 19.3. The van der Waals surface area contributed by atoms with Crippen LogP contribution in [0.25, 0.3) is 0 Å². The summed E-state index contributed by atoms with van der Waals surface area (Å²) in [7, 11) is -4.94. The fraction of sp³-hybridized carbons (Fsp3) is 0.597. The number of carbonyl (C=O) groups is 15. The number of nitrogens with zero attached hydrogens (tertiary/aromatic N) is 2. The summed E-state index contributed by atoms with van der Waals surface area (Å²) in [4.78, 5) is 206. The minimum Gasteiger partial charge on any atom is -0.508 e. The molecule has 2 aliphatic rings. The molecule has 2 aromatic carbocycles. The first-order valence-corrected chi connectivity index (χ1v) is 36.2. The molecule has 0 bridgehead atoms. The molecule has 2 saturated heterocycles. The van der Waals surface area contributed by atoms with Crippen molar-refractivity contribution < 1.29 is 121 Å². The highest BCUT2D eigenvalue weighted by Gasteiger charge is 2.44. The standard InChI is InChI=1S/C67H97F2N12O23P/c1-7-36(5)55(64(97)76-47(33-39-17-19-41(82)20-18-39)61(94)77-48(67(100)101)31-35(3)4)78-63(96)50-12-10-30-81(50)66(99)56(37(6)8-2)79-59(92)45(24-28-54(88)89)72-57(90)44(23-27-53(86)87)73-60(93)46(32-38-13-15-40(16-14-38)34-105(102,103-68)104-69)75-58(91)43(22-25-51(71)83)74-62(95)49-11-9-29-80(49)65(98)42(70)21-26-52(84)85/h13-20,35-37,42-50,55-56,82H,7-12,21-34,70H2,1-6H3,(H2,71,83)(H,72,90)(H,73,93)(H,74,95)(H,75,91)(H,76,97)(H,77,94)(H,78,96)(H,79,92)(H,84,85)(H,86,87)(H,88,89)(H,100,101)/t36-,37-,42-,43-,44-,45-,46-,47-,48-,49-,50-,55-,56-/m0/s1. The number of nitrogens with one attached hydrogen (secondary N) is 8. The molecule has 0 aromatic heterocycles. The molecule has 105 heavy (non-hydrogen) atoms. The minimum absolute atomic E-state index is 0.00235. The number of hydrogen-bond acceptors (Lipinski definition) is 20. The molecule has 0 spiro atoms. The number of halogens is 2. The number of amides is 11. The molecule has 0 radical (unpaired) electrons. The van der Waals surface area contributed by atoms with Crippen molar-refractivity contribution in [2.24, 2.45) is 29.2 Å². The molecule has 17 N–H and O–H groups in total. The van der Waals surface area contributed by atoms with E-state index in [4.69, 9.17) is 16.6 Å². The van der Waals surface area contributed by atoms with Gasteiger partial charge in [-0.1, -0.05) is 90.8 Å². The molecule has 0 aliphatic carbocycles. The van der Waals surface area contributed by atoms with Crippen molar-refractivity contribution in [2.75, 3.05) is 13.1 Å². The van der Waals surface area contributed by atoms with Crippen molar-refractivity contribution in [1.82, 2.24) is 52.3 Å². The first kappa shape index (κ1) is 87.7. The van der Waals surface area contributed by atoms with Crippen molar-refractivity contribution in [1.29, 1.82) is 0 Å². The molecule has 2 aromatic rings. The van der Waals surface area contributed by atoms with Gasteiger partial charge in [0, 0.05) is 51.6 Å². The quantitative estimate of drug-likeness (QED) is 0.0410. The molecule has 11 amide bonds. The summed E-state index contributed by atoms with van der Waals surface area (Å²) < 4.78 is 44.7. The van der Waals surface area contributed by atoms with Crippen molar-refractivity contribution in [3.05, 3.63) is 65.2 Å². The van der Waals surface area contributed by atoms with Crippen LogP contribution in [0.4, 0.5) is 9.05 Å². The first-order chi connectivity index (χ1) is 49.4. The molecule has 2 aliphatic heterocycles. The largest absolute Gasteiger partial charge is 0.508 e. The second kappa shape index (κ2) is 42.3. The van der Waals surface area contributed by atoms with Gasteiger partial charge in [0.1, 0.15) is 66.2 Å². The van der Waals surface area contributed by atoms with Crippen molar-refractivity contribution in [3.8, 4) is 5.75 Å². The number of aliphatic carboxylic acids is 4. The summed E-state index contributed by atoms with van der Waals surface area (Å²) in [6.07, 6.45) is -5.58. The van der Waals surface area contributed by atoms with Crippen LogP contribution < -0.4 is 54.0 Å². The van der Waals surface area contributed by atoms with Gasteiger partial charge in [-0.05, 0) is 113 Å². The molecule has 13 atom stereocenters. The summed E-state index contributed by atoms with van der Waals surface area (Å²) in [6.45, 7) is 10.1. The summed E-state index contributed by atoms with van der Waals surface area (Å²) in [6, 6.07) is -6.44. The fourth-order valence-corrected chi connectivity index (χ4v) is 12.6. The smallest absolute Gasteiger partial charge is 0.399 e. The third kappa shape index (κ3) is 28.0. The number of rotatable bonds is 45. The lowest BCUT2D eigenvalue weighted by molar-refractivity contribution is -0.144. The molecule has 38 heteroatoms. The Balaban J connectivity index is 1.67. The zero-order chi connectivity index (χ0) is 78.6. The van der Waals surface area contributed by atoms with E-state index in [-0.39, 0.29) is 87.3 Å². The van der Waals surface area contributed by atoms with Crippen LogP contribution in [0.15, 0.2) is 48.5 Å². The van der Waals surface area contributed by atoms with Gasteiger partial charge in [0.05, 0.1) is 12.2 Å². The number of carbonyl (C=O) groups excluding carboxylic acids is 11. The Morgan fingerprint density at radius 1 is 0.505 bits per heavy atom. The Kier molecular flexibility index (Phi) is 35.3. The van der Waals surface area contributed by atoms with Crippen LogP contribution in [0.2, 0.25) is 0 Å². The number of likely N-dealkylation sites (tertiary alicyclic amines) is 2. The molecule has 35 nitrogen and oxygen atoms in total. The topological polar surface area (TPSA) is 547 Å². The van der Waals surface area contributed by atoms with Crippen molar-refractivity contribution >= 4 is 96.5 Å². The lowest BCUT2D eigenvalue weighted by atomic mass is 9.95. The molecule has 4 rings (SSSR count). The maximum absolute atomic E-state index is 14.9. The maximum atomic E-state index is 14.9. The normalized spacial score (nSPS) is 17.5. The van der Waals surface area contributed by atoms with Gasteiger partial charge in [-0.3, -0.25) is 71.7 Å². The van der Waals surface area contributed by atoms with Gasteiger partial charge in [-0.2, -0.15) is 0 Å². The van der Waals surface area contributed by atoms with E-state index < -0.39 is 232 Å². The second-order valence-electron chi connectivity index (χ2n) is 26.7. The lowest BCUT2D eigenvalue weighted by Gasteiger charge is -2.33. The van der Waals surface area contributed by atoms with Gasteiger partial charge >= 0.3 is 31.5 Å². The number of carboxylic acid groups (broad SMARTS) is 4. The van der Waals surface area contributed by atoms with E-state index in [1.807, 2.05) is 0 Å². The van der Waals surface area contributed by atoms with E-state index >= 15 is 0 Å². The summed E-state index contributed by atoms with van der Waals surface area (Å²) in [5, 5.41) is 68.8. The van der Waals surface area contributed by atoms with E-state index in [1.165, 1.54) is 53.4 Å². The number of phenolic OH excluding ortho intramolecular Hbond substituents is 1. The van der Waals surface area contributed by atoms with Gasteiger partial charge in [0.25, 0.3) is 0 Å². The number of hydrogen-bond donors (Lipinski definition) is 15. The number of phenols is 1. The predicted molar refractivity (Wildman–Crippen MR) is 366 cm³/mol. The Bertz CT molecular complexity index is 3460. The van der Waals surface area contributed by atoms with Crippen LogP contribution >= 0.6 is 7.60 Å². The van der Waals surface area contributed by atoms with Gasteiger partial charge in [0.2, 0.25) is 65.0 Å². The monoisotopic (exact) mass is 1510 g/mol. The summed E-state index contributed by atoms with van der Waals surface area (Å²) in [5.74, 6) is -18.1. The van der Waals surface area contributed by atoms with Crippen LogP contribution in [0.5, 0.6) is 5.75 Å². The average Bonchev–Trinajstić information content (AvgIpc) is 1.76. The maximum Gasteiger partial charge on any atom is 0.399 e. The highest BCUT2D eigenvalue weighted by atomic mass is 31.2. The molecular weight excluding hydrogens is 1410 g/mol. The number of nitrogens with two attached hydrogens (primary N) is 2. The first-order valence-electron chi connectivity index (χ1n) is 34.5. The van der Waals surface area contributed by atoms with Crippen LogP contribution in [0, 0.1) is 17.8 Å². The summed E-state index contributed by atoms with van der Waals surface area (Å²) >= 11 is 0. The Hall–Kier alpha value is -9.74. The van der Waals surface area contributed by atoms with Crippen molar-refractivity contribution in [2.45, 2.75) is 223 Å². The number of aromatic hydroxyl groups is 1. The Morgan fingerprint density at radius 3 is 1.33 bits per heavy atom. The highest BCUT2D eigenvalue weighted by Crippen LogP contribution is 2.52. The molecule has 2 heterocycles. The van der Waals surface area contributed by atoms with Crippen LogP contribution in [0.3, 0.4) is 0 Å². The minimum atomic E-state index is -4.94. The number of primary amides is 1. The zero-order valence-corrected chi connectivity index (χ0v) is 60.1. The highest BCUT2D eigenvalue weighted by molar-refractivity contribution is 7.52. The van der Waals surface area contributed by atoms with Gasteiger partial charge in [0.15, 0.2) is 0 Å². The molecular formula is C67H97F2N12O23P. The zero-order valence-electron chi connectivity index (χ0n) is 59.2. The van der Waals surface area contributed by atoms with E-state index in [1.54, 1.807) is 41.5 Å². The number of carboxylic acids is 4. The van der Waals surface area contributed by atoms with Crippen LogP contribution in [-0.2, 0) is 105 Å². The predicted octanol–water partition coefficient (Wildman–Crippen LogP) is 0.943. The Labute approximate surface area is 603 Å². The SMILES string of the molecule is CC[C@H](C)[C@H](NC(=O)[C@@H]1CCCN1C(=O)[C@@H](NC(=O)[C@H](CCC(=O)O)NC(=O)[C@H](CCC(=O)O)NC(=O)[C@H](Cc1ccc(CP(=O)(OF)OF)cc1)NC(=O)[C@H](CCC(N)=O)NC(=O)[C@@H]1CCCN1C(=O)[C@@H](N)CCC(=O)O)[C@@H](C)CC)C(=O)N[C@@H](Cc1ccc(O)cc1)C(=O)N[C@@H](CC(C)C)C(=O)O. The van der Waals surface area contributed by atoms with Gasteiger partial charge in [-0.25, -0.2) is 4.79 Å². The fourth-order valence-electron chi connectivity index (χ4n) is 11.8. The molecule has 0 saturated carbocycles. The molecule has 2 fully saturated rings. The van der Waals surface area contributed by atoms with Crippen LogP contribution in [0.1, 0.15) is 155 Å². The van der Waals surface area contributed by atoms with Gasteiger partial charge in [-0.15, -0.1) is 9.46 Å². The average molecular weight is 1510 g/mol. The van der Waals surface area contributed by atoms with E-state index in [0.717, 1.165) is 4.90 Å². The second-order valence-corrected chi connectivity index (χ2v) is 28.5. The molecule has 0 unspecified atom stereocenters. The van der Waals surface area contributed by atoms with Crippen LogP contribution in [-0.4, -0.2) is 204 Å². The van der Waals surface area contributed by atoms with Crippen molar-refractivity contribution in [3.63, 3.8) is 0 Å². The van der Waals surface area contributed by atoms with Gasteiger partial charge < -0.3 is 89.3 Å². The lowest BCUT2D eigenvalue weighted by Crippen LogP contribution is -2.62. The molecule has 582 valence electrons. The van der Waals surface area contributed by atoms with E-state index in [9.17, 15) is 106 Å². The summed E-state index contributed by atoms with van der Waals surface area (Å²) in [5.41, 5.74) is 12.0. The van der Waals surface area contributed by atoms with E-state index in [0.29, 0.717) is 12.0 Å². The Morgan fingerprint density at radius 2 is 0.886 bits per heavy atom. The number of benzene rings is 2.